The Labute approximate surface area is 148 Å². The number of sulfone groups is 1. The van der Waals surface area contributed by atoms with Crippen molar-refractivity contribution < 1.29 is 45.0 Å². The van der Waals surface area contributed by atoms with Gasteiger partial charge < -0.3 is 9.84 Å². The zero-order valence-corrected chi connectivity index (χ0v) is 14.6. The fourth-order valence-corrected chi connectivity index (χ4v) is 4.86. The Hall–Kier alpha value is -1.86. The van der Waals surface area contributed by atoms with Gasteiger partial charge in [-0.1, -0.05) is 0 Å². The summed E-state index contributed by atoms with van der Waals surface area (Å²) in [5, 5.41) is 9.26. The van der Waals surface area contributed by atoms with Gasteiger partial charge in [0.2, 0.25) is 0 Å². The van der Waals surface area contributed by atoms with Crippen molar-refractivity contribution in [1.29, 1.82) is 0 Å². The van der Waals surface area contributed by atoms with Crippen molar-refractivity contribution in [2.24, 2.45) is 0 Å². The fourth-order valence-electron chi connectivity index (χ4n) is 2.60. The Morgan fingerprint density at radius 2 is 1.85 bits per heavy atom. The second kappa shape index (κ2) is 7.40. The molecule has 0 amide bonds. The number of hydrogen-bond acceptors (Lipinski definition) is 5. The highest BCUT2D eigenvalue weighted by Crippen LogP contribution is 2.33. The molecule has 1 saturated heterocycles. The molecule has 0 bridgehead atoms. The molecule has 0 aliphatic carbocycles. The van der Waals surface area contributed by atoms with Crippen LogP contribution in [0.2, 0.25) is 0 Å². The maximum absolute atomic E-state index is 12.3. The van der Waals surface area contributed by atoms with Crippen LogP contribution in [0.5, 0.6) is 5.75 Å². The molecule has 1 fully saturated rings. The van der Waals surface area contributed by atoms with Crippen molar-refractivity contribution in [1.82, 2.24) is 0 Å². The first kappa shape index (κ1) is 20.5. The fraction of sp³-hybridized carbons (Fsp3) is 0.462. The van der Waals surface area contributed by atoms with E-state index in [2.05, 4.69) is 4.74 Å². The maximum Gasteiger partial charge on any atom is 0.573 e. The number of alkyl halides is 3. The molecule has 2 N–H and O–H groups in total. The number of benzene rings is 1. The lowest BCUT2D eigenvalue weighted by atomic mass is 10.1. The zero-order valence-electron chi connectivity index (χ0n) is 13.0. The van der Waals surface area contributed by atoms with Crippen LogP contribution in [0.15, 0.2) is 18.2 Å². The third-order valence-corrected chi connectivity index (χ3v) is 6.24. The van der Waals surface area contributed by atoms with Gasteiger partial charge in [0, 0.05) is 6.04 Å². The van der Waals surface area contributed by atoms with Gasteiger partial charge in [-0.2, -0.15) is 0 Å². The van der Waals surface area contributed by atoms with Crippen LogP contribution in [0.4, 0.5) is 18.9 Å². The Bertz CT molecular complexity index is 812. The van der Waals surface area contributed by atoms with Crippen LogP contribution in [-0.4, -0.2) is 52.2 Å². The minimum Gasteiger partial charge on any atom is -0.478 e. The molecule has 1 atom stereocenters. The van der Waals surface area contributed by atoms with Crippen LogP contribution in [0.1, 0.15) is 23.2 Å². The highest BCUT2D eigenvalue weighted by molar-refractivity contribution is 7.91. The molecule has 0 spiro atoms. The number of carbonyl (C=O) groups is 1. The van der Waals surface area contributed by atoms with E-state index in [0.717, 1.165) is 16.4 Å². The highest BCUT2D eigenvalue weighted by atomic mass is 32.2. The van der Waals surface area contributed by atoms with E-state index in [1.807, 2.05) is 0 Å². The van der Waals surface area contributed by atoms with Crippen LogP contribution >= 0.6 is 0 Å². The first-order chi connectivity index (χ1) is 11.9. The summed E-state index contributed by atoms with van der Waals surface area (Å²) >= 11 is -2.72. The Morgan fingerprint density at radius 3 is 2.31 bits per heavy atom. The standard InChI is InChI=1S/C13H14F3NO7S2/c14-13(15,16)24-9-1-2-11(10(7-9)12(18)19)17(25(20)21)8-3-5-26(22,23)6-4-8/h1-2,7-8H,3-6H2,(H,18,19)(H,20,21). The van der Waals surface area contributed by atoms with Gasteiger partial charge >= 0.3 is 12.3 Å². The molecule has 1 aromatic carbocycles. The smallest absolute Gasteiger partial charge is 0.478 e. The molecule has 146 valence electrons. The number of ether oxygens (including phenoxy) is 1. The molecular weight excluding hydrogens is 403 g/mol. The first-order valence-electron chi connectivity index (χ1n) is 7.13. The van der Waals surface area contributed by atoms with Gasteiger partial charge in [0.05, 0.1) is 22.8 Å². The summed E-state index contributed by atoms with van der Waals surface area (Å²) in [4.78, 5) is 11.4. The molecule has 26 heavy (non-hydrogen) atoms. The van der Waals surface area contributed by atoms with Crippen LogP contribution in [0.3, 0.4) is 0 Å². The van der Waals surface area contributed by atoms with Gasteiger partial charge in [0.15, 0.2) is 0 Å². The van der Waals surface area contributed by atoms with Gasteiger partial charge in [-0.05, 0) is 31.0 Å². The van der Waals surface area contributed by atoms with Gasteiger partial charge in [-0.3, -0.25) is 8.86 Å². The molecule has 1 aliphatic rings. The number of halogens is 3. The van der Waals surface area contributed by atoms with E-state index in [9.17, 15) is 40.3 Å². The lowest BCUT2D eigenvalue weighted by Crippen LogP contribution is -2.43. The Balaban J connectivity index is 2.42. The third-order valence-electron chi connectivity index (χ3n) is 3.69. The van der Waals surface area contributed by atoms with Crippen molar-refractivity contribution in [3.63, 3.8) is 0 Å². The lowest BCUT2D eigenvalue weighted by Gasteiger charge is -2.33. The van der Waals surface area contributed by atoms with Crippen molar-refractivity contribution in [2.75, 3.05) is 15.8 Å². The summed E-state index contributed by atoms with van der Waals surface area (Å²) in [5.74, 6) is -2.92. The second-order valence-electron chi connectivity index (χ2n) is 5.47. The summed E-state index contributed by atoms with van der Waals surface area (Å²) in [6, 6.07) is 1.55. The van der Waals surface area contributed by atoms with Crippen molar-refractivity contribution in [3.05, 3.63) is 23.8 Å². The van der Waals surface area contributed by atoms with E-state index in [1.54, 1.807) is 0 Å². The zero-order chi connectivity index (χ0) is 19.7. The molecule has 2 rings (SSSR count). The Morgan fingerprint density at radius 1 is 1.27 bits per heavy atom. The number of anilines is 1. The molecular formula is C13H14F3NO7S2. The molecule has 1 unspecified atom stereocenters. The average Bonchev–Trinajstić information content (AvgIpc) is 2.48. The van der Waals surface area contributed by atoms with E-state index >= 15 is 0 Å². The molecule has 0 saturated carbocycles. The molecule has 13 heteroatoms. The molecule has 0 aromatic heterocycles. The van der Waals surface area contributed by atoms with Crippen LogP contribution in [-0.2, 0) is 21.1 Å². The normalized spacial score (nSPS) is 18.9. The van der Waals surface area contributed by atoms with E-state index in [1.165, 1.54) is 0 Å². The number of aromatic carboxylic acids is 1. The summed E-state index contributed by atoms with van der Waals surface area (Å²) in [6.45, 7) is 0. The SMILES string of the molecule is O=C(O)c1cc(OC(F)(F)F)ccc1N(C1CCS(=O)(=O)CC1)S(=O)O. The largest absolute Gasteiger partial charge is 0.573 e. The number of rotatable bonds is 5. The molecule has 1 aromatic rings. The third kappa shape index (κ3) is 5.08. The van der Waals surface area contributed by atoms with E-state index in [0.29, 0.717) is 6.07 Å². The van der Waals surface area contributed by atoms with Crippen molar-refractivity contribution in [2.45, 2.75) is 25.2 Å². The predicted octanol–water partition coefficient (Wildman–Crippen LogP) is 1.80. The minimum atomic E-state index is -5.03. The van der Waals surface area contributed by atoms with Gasteiger partial charge in [0.25, 0.3) is 11.3 Å². The highest BCUT2D eigenvalue weighted by Gasteiger charge is 2.35. The minimum absolute atomic E-state index is 0.0194. The van der Waals surface area contributed by atoms with Crippen LogP contribution in [0.25, 0.3) is 0 Å². The summed E-state index contributed by atoms with van der Waals surface area (Å²) in [7, 11) is -3.28. The predicted molar refractivity (Wildman–Crippen MR) is 85.0 cm³/mol. The quantitative estimate of drug-likeness (QED) is 0.701. The molecule has 1 heterocycles. The summed E-state index contributed by atoms with van der Waals surface area (Å²) in [6.07, 6.45) is -5.07. The first-order valence-corrected chi connectivity index (χ1v) is 10.0. The van der Waals surface area contributed by atoms with Crippen LogP contribution < -0.4 is 9.04 Å². The van der Waals surface area contributed by atoms with Gasteiger partial charge in [0.1, 0.15) is 15.6 Å². The van der Waals surface area contributed by atoms with E-state index in [4.69, 9.17) is 0 Å². The number of nitrogens with zero attached hydrogens (tertiary/aromatic N) is 1. The second-order valence-corrected chi connectivity index (χ2v) is 8.63. The van der Waals surface area contributed by atoms with Gasteiger partial charge in [-0.25, -0.2) is 17.4 Å². The summed E-state index contributed by atoms with van der Waals surface area (Å²) in [5.41, 5.74) is -0.986. The number of carboxylic acids is 1. The lowest BCUT2D eigenvalue weighted by molar-refractivity contribution is -0.274. The topological polar surface area (TPSA) is 121 Å². The van der Waals surface area contributed by atoms with E-state index < -0.39 is 50.8 Å². The molecule has 1 aliphatic heterocycles. The van der Waals surface area contributed by atoms with Crippen LogP contribution in [0, 0.1) is 0 Å². The van der Waals surface area contributed by atoms with Crippen molar-refractivity contribution in [3.8, 4) is 5.75 Å². The number of carboxylic acid groups (broad SMARTS) is 1. The number of hydrogen-bond donors (Lipinski definition) is 2. The monoisotopic (exact) mass is 417 g/mol. The van der Waals surface area contributed by atoms with Crippen molar-refractivity contribution >= 4 is 32.8 Å². The molecule has 8 nitrogen and oxygen atoms in total. The maximum atomic E-state index is 12.3. The van der Waals surface area contributed by atoms with Gasteiger partial charge in [-0.15, -0.1) is 13.2 Å². The molecule has 0 radical (unpaired) electrons. The average molecular weight is 417 g/mol. The van der Waals surface area contributed by atoms with E-state index in [-0.39, 0.29) is 30.0 Å². The Kier molecular flexibility index (Phi) is 5.82. The summed E-state index contributed by atoms with van der Waals surface area (Å²) < 4.78 is 85.6.